The maximum atomic E-state index is 10.8. The maximum Gasteiger partial charge on any atom is 0.268 e. The third-order valence-electron chi connectivity index (χ3n) is 1.54. The Morgan fingerprint density at radius 3 is 3.21 bits per heavy atom. The van der Waals surface area contributed by atoms with Crippen molar-refractivity contribution in [3.05, 3.63) is 23.9 Å². The normalized spacial score (nSPS) is 9.79. The number of aromatic nitrogens is 1. The van der Waals surface area contributed by atoms with Crippen molar-refractivity contribution in [2.75, 3.05) is 25.6 Å². The maximum absolute atomic E-state index is 10.8. The van der Waals surface area contributed by atoms with Gasteiger partial charge in [0.1, 0.15) is 11.5 Å². The molecule has 1 rings (SSSR count). The van der Waals surface area contributed by atoms with Gasteiger partial charge in [-0.25, -0.2) is 4.98 Å². The fourth-order valence-electron chi connectivity index (χ4n) is 0.895. The minimum atomic E-state index is -0.583. The summed E-state index contributed by atoms with van der Waals surface area (Å²) >= 11 is 0. The molecule has 0 fully saturated rings. The number of rotatable bonds is 5. The molecule has 0 bridgehead atoms. The van der Waals surface area contributed by atoms with Gasteiger partial charge in [0.25, 0.3) is 5.91 Å². The number of pyridine rings is 1. The van der Waals surface area contributed by atoms with Crippen molar-refractivity contribution in [3.63, 3.8) is 0 Å². The van der Waals surface area contributed by atoms with Gasteiger partial charge in [0.2, 0.25) is 0 Å². The molecule has 1 amide bonds. The molecule has 0 saturated heterocycles. The van der Waals surface area contributed by atoms with Crippen LogP contribution in [0.3, 0.4) is 0 Å². The van der Waals surface area contributed by atoms with Crippen molar-refractivity contribution in [1.29, 1.82) is 0 Å². The van der Waals surface area contributed by atoms with Crippen molar-refractivity contribution < 1.29 is 9.53 Å². The standard InChI is InChI=1S/C9H12N3O2/c1-14-6-5-11-8-4-2-3-7(12-8)9(10)13/h2,4H,5-6H2,1H3,(H2,10,13)(H,11,12). The van der Waals surface area contributed by atoms with Gasteiger partial charge in [-0.05, 0) is 12.1 Å². The Morgan fingerprint density at radius 2 is 2.57 bits per heavy atom. The van der Waals surface area contributed by atoms with E-state index in [-0.39, 0.29) is 5.69 Å². The molecule has 0 spiro atoms. The van der Waals surface area contributed by atoms with Crippen LogP contribution in [0.25, 0.3) is 0 Å². The van der Waals surface area contributed by atoms with Crippen LogP contribution in [-0.4, -0.2) is 31.2 Å². The highest BCUT2D eigenvalue weighted by Gasteiger charge is 2.02. The summed E-state index contributed by atoms with van der Waals surface area (Å²) in [5.74, 6) is 0.00925. The fraction of sp³-hybridized carbons (Fsp3) is 0.333. The van der Waals surface area contributed by atoms with E-state index in [1.165, 1.54) is 0 Å². The topological polar surface area (TPSA) is 77.2 Å². The summed E-state index contributed by atoms with van der Waals surface area (Å²) in [6.45, 7) is 1.21. The van der Waals surface area contributed by atoms with E-state index >= 15 is 0 Å². The molecule has 1 aromatic rings. The van der Waals surface area contributed by atoms with E-state index in [4.69, 9.17) is 10.5 Å². The second-order valence-corrected chi connectivity index (χ2v) is 2.61. The van der Waals surface area contributed by atoms with Crippen LogP contribution in [-0.2, 0) is 4.74 Å². The van der Waals surface area contributed by atoms with Crippen LogP contribution in [0, 0.1) is 6.07 Å². The second-order valence-electron chi connectivity index (χ2n) is 2.61. The molecule has 75 valence electrons. The predicted octanol–water partition coefficient (Wildman–Crippen LogP) is 0.0390. The Morgan fingerprint density at radius 1 is 1.79 bits per heavy atom. The summed E-state index contributed by atoms with van der Waals surface area (Å²) < 4.78 is 4.85. The molecule has 0 aromatic carbocycles. The number of amides is 1. The number of ether oxygens (including phenoxy) is 1. The van der Waals surface area contributed by atoms with Gasteiger partial charge >= 0.3 is 0 Å². The average molecular weight is 194 g/mol. The Kier molecular flexibility index (Phi) is 3.87. The first-order chi connectivity index (χ1) is 6.74. The number of methoxy groups -OCH3 is 1. The molecule has 0 saturated carbocycles. The fourth-order valence-corrected chi connectivity index (χ4v) is 0.895. The average Bonchev–Trinajstić information content (AvgIpc) is 2.19. The minimum absolute atomic E-state index is 0.132. The molecule has 1 aromatic heterocycles. The number of carbonyl (C=O) groups is 1. The molecular weight excluding hydrogens is 182 g/mol. The van der Waals surface area contributed by atoms with Crippen molar-refractivity contribution in [2.24, 2.45) is 5.73 Å². The summed E-state index contributed by atoms with van der Waals surface area (Å²) in [5, 5.41) is 2.98. The minimum Gasteiger partial charge on any atom is -0.383 e. The molecule has 0 aliphatic carbocycles. The number of nitrogens with two attached hydrogens (primary N) is 1. The quantitative estimate of drug-likeness (QED) is 0.649. The number of anilines is 1. The lowest BCUT2D eigenvalue weighted by Crippen LogP contribution is -2.15. The first kappa shape index (κ1) is 10.5. The van der Waals surface area contributed by atoms with E-state index in [0.717, 1.165) is 0 Å². The van der Waals surface area contributed by atoms with Crippen molar-refractivity contribution >= 4 is 11.7 Å². The van der Waals surface area contributed by atoms with Crippen molar-refractivity contribution in [3.8, 4) is 0 Å². The SMILES string of the molecule is COCCNc1cc[c]c(C(N)=O)n1. The lowest BCUT2D eigenvalue weighted by Gasteiger charge is -2.04. The van der Waals surface area contributed by atoms with Crippen molar-refractivity contribution in [1.82, 2.24) is 4.98 Å². The Hall–Kier alpha value is -1.62. The van der Waals surface area contributed by atoms with E-state index in [1.807, 2.05) is 0 Å². The van der Waals surface area contributed by atoms with Gasteiger partial charge in [-0.1, -0.05) is 0 Å². The zero-order valence-corrected chi connectivity index (χ0v) is 7.91. The molecular formula is C9H12N3O2. The number of carbonyl (C=O) groups excluding carboxylic acids is 1. The zero-order valence-electron chi connectivity index (χ0n) is 7.91. The van der Waals surface area contributed by atoms with E-state index in [0.29, 0.717) is 19.0 Å². The number of primary amides is 1. The van der Waals surface area contributed by atoms with Crippen LogP contribution in [0.15, 0.2) is 12.1 Å². The van der Waals surface area contributed by atoms with Crippen LogP contribution in [0.5, 0.6) is 0 Å². The molecule has 0 aliphatic rings. The van der Waals surface area contributed by atoms with Gasteiger partial charge < -0.3 is 15.8 Å². The van der Waals surface area contributed by atoms with Gasteiger partial charge in [0, 0.05) is 19.7 Å². The molecule has 0 aliphatic heterocycles. The molecule has 5 heteroatoms. The molecule has 0 unspecified atom stereocenters. The third kappa shape index (κ3) is 3.02. The summed E-state index contributed by atoms with van der Waals surface area (Å²) in [6, 6.07) is 5.95. The first-order valence-corrected chi connectivity index (χ1v) is 4.15. The summed E-state index contributed by atoms with van der Waals surface area (Å²) in [4.78, 5) is 14.7. The van der Waals surface area contributed by atoms with Crippen LogP contribution in [0.4, 0.5) is 5.82 Å². The van der Waals surface area contributed by atoms with E-state index in [9.17, 15) is 4.79 Å². The summed E-state index contributed by atoms with van der Waals surface area (Å²) in [6.07, 6.45) is 0. The molecule has 1 radical (unpaired) electrons. The van der Waals surface area contributed by atoms with Gasteiger partial charge in [-0.3, -0.25) is 4.79 Å². The Bertz CT molecular complexity index is 315. The van der Waals surface area contributed by atoms with E-state index < -0.39 is 5.91 Å². The van der Waals surface area contributed by atoms with E-state index in [1.54, 1.807) is 19.2 Å². The predicted molar refractivity (Wildman–Crippen MR) is 52.0 cm³/mol. The van der Waals surface area contributed by atoms with Gasteiger partial charge in [0.05, 0.1) is 6.61 Å². The van der Waals surface area contributed by atoms with Crippen LogP contribution in [0.1, 0.15) is 10.5 Å². The summed E-state index contributed by atoms with van der Waals surface area (Å²) in [7, 11) is 1.61. The number of hydrogen-bond donors (Lipinski definition) is 2. The number of nitrogens with one attached hydrogen (secondary N) is 1. The summed E-state index contributed by atoms with van der Waals surface area (Å²) in [5.41, 5.74) is 5.18. The Labute approximate surface area is 82.3 Å². The monoisotopic (exact) mass is 194 g/mol. The molecule has 5 nitrogen and oxygen atoms in total. The molecule has 0 atom stereocenters. The number of hydrogen-bond acceptors (Lipinski definition) is 4. The number of nitrogens with zero attached hydrogens (tertiary/aromatic N) is 1. The Balaban J connectivity index is 2.59. The van der Waals surface area contributed by atoms with Crippen LogP contribution < -0.4 is 11.1 Å². The first-order valence-electron chi connectivity index (χ1n) is 4.15. The lowest BCUT2D eigenvalue weighted by molar-refractivity contribution is 0.0995. The third-order valence-corrected chi connectivity index (χ3v) is 1.54. The van der Waals surface area contributed by atoms with Crippen molar-refractivity contribution in [2.45, 2.75) is 0 Å². The molecule has 3 N–H and O–H groups in total. The highest BCUT2D eigenvalue weighted by atomic mass is 16.5. The molecule has 14 heavy (non-hydrogen) atoms. The van der Waals surface area contributed by atoms with Crippen LogP contribution in [0.2, 0.25) is 0 Å². The highest BCUT2D eigenvalue weighted by molar-refractivity contribution is 5.90. The van der Waals surface area contributed by atoms with E-state index in [2.05, 4.69) is 16.4 Å². The zero-order chi connectivity index (χ0) is 10.4. The highest BCUT2D eigenvalue weighted by Crippen LogP contribution is 2.02. The second kappa shape index (κ2) is 5.18. The largest absolute Gasteiger partial charge is 0.383 e. The van der Waals surface area contributed by atoms with Gasteiger partial charge in [-0.2, -0.15) is 0 Å². The van der Waals surface area contributed by atoms with Crippen LogP contribution >= 0.6 is 0 Å². The van der Waals surface area contributed by atoms with Gasteiger partial charge in [-0.15, -0.1) is 0 Å². The lowest BCUT2D eigenvalue weighted by atomic mass is 10.3. The van der Waals surface area contributed by atoms with Gasteiger partial charge in [0.15, 0.2) is 0 Å². The smallest absolute Gasteiger partial charge is 0.268 e. The molecule has 1 heterocycles.